The number of likely N-dealkylation sites (tertiary alicyclic amines) is 1. The van der Waals surface area contributed by atoms with Gasteiger partial charge in [-0.3, -0.25) is 9.58 Å². The predicted molar refractivity (Wildman–Crippen MR) is 88.0 cm³/mol. The minimum absolute atomic E-state index is 0.100. The highest BCUT2D eigenvalue weighted by Crippen LogP contribution is 2.27. The molecular formula is C17H21ClFN3O. The molecule has 2 aromatic rings. The zero-order valence-corrected chi connectivity index (χ0v) is 13.7. The van der Waals surface area contributed by atoms with Gasteiger partial charge in [0.05, 0.1) is 23.9 Å². The number of aliphatic hydroxyl groups excluding tert-OH is 1. The average molecular weight is 338 g/mol. The molecule has 2 heterocycles. The van der Waals surface area contributed by atoms with Crippen LogP contribution in [-0.2, 0) is 13.1 Å². The molecule has 0 bridgehead atoms. The molecule has 0 radical (unpaired) electrons. The van der Waals surface area contributed by atoms with Gasteiger partial charge in [-0.2, -0.15) is 5.10 Å². The molecule has 1 saturated heterocycles. The lowest BCUT2D eigenvalue weighted by atomic mass is 9.94. The Morgan fingerprint density at radius 2 is 2.22 bits per heavy atom. The normalized spacial score (nSPS) is 19.2. The third-order valence-corrected chi connectivity index (χ3v) is 4.59. The summed E-state index contributed by atoms with van der Waals surface area (Å²) in [6.07, 6.45) is 4.16. The molecule has 3 rings (SSSR count). The first kappa shape index (κ1) is 16.4. The van der Waals surface area contributed by atoms with Gasteiger partial charge < -0.3 is 5.11 Å². The number of halogens is 2. The fraction of sp³-hybridized carbons (Fsp3) is 0.471. The molecule has 0 amide bonds. The molecule has 1 aliphatic heterocycles. The van der Waals surface area contributed by atoms with Crippen LogP contribution in [0, 0.1) is 5.82 Å². The SMILES string of the molecule is OCCn1ccc(C2CCCN(Cc3ccc(F)c(Cl)c3)C2)n1. The number of piperidine rings is 1. The van der Waals surface area contributed by atoms with Crippen molar-refractivity contribution in [1.29, 1.82) is 0 Å². The number of aromatic nitrogens is 2. The molecule has 0 spiro atoms. The summed E-state index contributed by atoms with van der Waals surface area (Å²) in [7, 11) is 0. The predicted octanol–water partition coefficient (Wildman–Crippen LogP) is 3.05. The van der Waals surface area contributed by atoms with E-state index in [9.17, 15) is 4.39 Å². The quantitative estimate of drug-likeness (QED) is 0.911. The van der Waals surface area contributed by atoms with Crippen LogP contribution in [0.2, 0.25) is 5.02 Å². The van der Waals surface area contributed by atoms with E-state index in [2.05, 4.69) is 10.00 Å². The number of hydrogen-bond donors (Lipinski definition) is 1. The van der Waals surface area contributed by atoms with Crippen molar-refractivity contribution in [2.24, 2.45) is 0 Å². The number of hydrogen-bond acceptors (Lipinski definition) is 3. The van der Waals surface area contributed by atoms with Crippen molar-refractivity contribution in [3.05, 3.63) is 52.6 Å². The van der Waals surface area contributed by atoms with Crippen molar-refractivity contribution in [2.75, 3.05) is 19.7 Å². The molecule has 1 unspecified atom stereocenters. The van der Waals surface area contributed by atoms with Crippen LogP contribution in [0.1, 0.15) is 30.0 Å². The number of nitrogens with zero attached hydrogens (tertiary/aromatic N) is 3. The summed E-state index contributed by atoms with van der Waals surface area (Å²) in [4.78, 5) is 2.36. The number of benzene rings is 1. The van der Waals surface area contributed by atoms with Crippen LogP contribution in [0.4, 0.5) is 4.39 Å². The Labute approximate surface area is 140 Å². The summed E-state index contributed by atoms with van der Waals surface area (Å²) < 4.78 is 15.0. The first-order valence-electron chi connectivity index (χ1n) is 7.96. The number of aliphatic hydroxyl groups is 1. The smallest absolute Gasteiger partial charge is 0.141 e. The van der Waals surface area contributed by atoms with Crippen molar-refractivity contribution >= 4 is 11.6 Å². The minimum atomic E-state index is -0.374. The van der Waals surface area contributed by atoms with Crippen molar-refractivity contribution in [3.8, 4) is 0 Å². The Bertz CT molecular complexity index is 661. The molecule has 1 aromatic carbocycles. The minimum Gasteiger partial charge on any atom is -0.394 e. The Kier molecular flexibility index (Phi) is 5.30. The van der Waals surface area contributed by atoms with Crippen molar-refractivity contribution < 1.29 is 9.50 Å². The van der Waals surface area contributed by atoms with Gasteiger partial charge in [0, 0.05) is 25.2 Å². The van der Waals surface area contributed by atoms with Gasteiger partial charge in [0.15, 0.2) is 0 Å². The Morgan fingerprint density at radius 1 is 1.35 bits per heavy atom. The summed E-state index contributed by atoms with van der Waals surface area (Å²) in [6, 6.07) is 6.96. The Balaban J connectivity index is 1.64. The van der Waals surface area contributed by atoms with Gasteiger partial charge in [0.1, 0.15) is 5.82 Å². The van der Waals surface area contributed by atoms with Crippen LogP contribution < -0.4 is 0 Å². The molecule has 6 heteroatoms. The molecule has 4 nitrogen and oxygen atoms in total. The highest BCUT2D eigenvalue weighted by molar-refractivity contribution is 6.30. The summed E-state index contributed by atoms with van der Waals surface area (Å²) in [5.74, 6) is 0.0287. The molecule has 1 aliphatic rings. The van der Waals surface area contributed by atoms with Gasteiger partial charge in [-0.05, 0) is 43.1 Å². The van der Waals surface area contributed by atoms with Crippen molar-refractivity contribution in [3.63, 3.8) is 0 Å². The second-order valence-corrected chi connectivity index (χ2v) is 6.46. The van der Waals surface area contributed by atoms with E-state index in [1.165, 1.54) is 6.07 Å². The van der Waals surface area contributed by atoms with Gasteiger partial charge in [0.2, 0.25) is 0 Å². The second-order valence-electron chi connectivity index (χ2n) is 6.05. The van der Waals surface area contributed by atoms with E-state index in [1.54, 1.807) is 16.8 Å². The zero-order valence-electron chi connectivity index (χ0n) is 13.0. The maximum atomic E-state index is 13.3. The third kappa shape index (κ3) is 4.10. The lowest BCUT2D eigenvalue weighted by Crippen LogP contribution is -2.34. The molecule has 1 atom stereocenters. The lowest BCUT2D eigenvalue weighted by Gasteiger charge is -2.32. The van der Waals surface area contributed by atoms with Gasteiger partial charge >= 0.3 is 0 Å². The Morgan fingerprint density at radius 3 is 3.00 bits per heavy atom. The van der Waals surface area contributed by atoms with Gasteiger partial charge in [-0.15, -0.1) is 0 Å². The molecule has 0 aliphatic carbocycles. The molecule has 0 saturated carbocycles. The molecule has 1 N–H and O–H groups in total. The van der Waals surface area contributed by atoms with Gasteiger partial charge in [0.25, 0.3) is 0 Å². The van der Waals surface area contributed by atoms with E-state index in [-0.39, 0.29) is 17.4 Å². The van der Waals surface area contributed by atoms with Crippen LogP contribution >= 0.6 is 11.6 Å². The largest absolute Gasteiger partial charge is 0.394 e. The Hall–Kier alpha value is -1.43. The van der Waals surface area contributed by atoms with E-state index in [4.69, 9.17) is 16.7 Å². The fourth-order valence-corrected chi connectivity index (χ4v) is 3.36. The first-order valence-corrected chi connectivity index (χ1v) is 8.34. The topological polar surface area (TPSA) is 41.3 Å². The van der Waals surface area contributed by atoms with Gasteiger partial charge in [-0.1, -0.05) is 17.7 Å². The number of rotatable bonds is 5. The maximum absolute atomic E-state index is 13.3. The van der Waals surface area contributed by atoms with Gasteiger partial charge in [-0.25, -0.2) is 4.39 Å². The van der Waals surface area contributed by atoms with Crippen LogP contribution in [0.25, 0.3) is 0 Å². The monoisotopic (exact) mass is 337 g/mol. The van der Waals surface area contributed by atoms with Crippen LogP contribution in [0.3, 0.4) is 0 Å². The standard InChI is InChI=1S/C17H21ClFN3O/c18-15-10-13(3-4-16(15)19)11-21-6-1-2-14(12-21)17-5-7-22(20-17)8-9-23/h3-5,7,10,14,23H,1-2,6,8-9,11-12H2. The van der Waals surface area contributed by atoms with E-state index in [1.807, 2.05) is 12.3 Å². The summed E-state index contributed by atoms with van der Waals surface area (Å²) in [6.45, 7) is 3.37. The molecule has 23 heavy (non-hydrogen) atoms. The van der Waals surface area contributed by atoms with E-state index in [0.717, 1.165) is 43.7 Å². The lowest BCUT2D eigenvalue weighted by molar-refractivity contribution is 0.197. The second kappa shape index (κ2) is 7.43. The maximum Gasteiger partial charge on any atom is 0.141 e. The fourth-order valence-electron chi connectivity index (χ4n) is 3.16. The molecule has 1 aromatic heterocycles. The van der Waals surface area contributed by atoms with E-state index in [0.29, 0.717) is 12.5 Å². The van der Waals surface area contributed by atoms with Crippen LogP contribution in [-0.4, -0.2) is 39.5 Å². The average Bonchev–Trinajstić information content (AvgIpc) is 3.00. The summed E-state index contributed by atoms with van der Waals surface area (Å²) in [5.41, 5.74) is 2.11. The molecular weight excluding hydrogens is 317 g/mol. The first-order chi connectivity index (χ1) is 11.2. The van der Waals surface area contributed by atoms with Crippen molar-refractivity contribution in [1.82, 2.24) is 14.7 Å². The zero-order chi connectivity index (χ0) is 16.2. The van der Waals surface area contributed by atoms with Crippen molar-refractivity contribution in [2.45, 2.75) is 31.8 Å². The van der Waals surface area contributed by atoms with E-state index < -0.39 is 0 Å². The van der Waals surface area contributed by atoms with E-state index >= 15 is 0 Å². The highest BCUT2D eigenvalue weighted by Gasteiger charge is 2.23. The molecule has 124 valence electrons. The summed E-state index contributed by atoms with van der Waals surface area (Å²) >= 11 is 5.86. The van der Waals surface area contributed by atoms with Crippen LogP contribution in [0.5, 0.6) is 0 Å². The molecule has 1 fully saturated rings. The summed E-state index contributed by atoms with van der Waals surface area (Å²) in [5, 5.41) is 13.7. The van der Waals surface area contributed by atoms with Crippen LogP contribution in [0.15, 0.2) is 30.5 Å². The highest BCUT2D eigenvalue weighted by atomic mass is 35.5. The third-order valence-electron chi connectivity index (χ3n) is 4.30.